The molecule has 6 nitrogen and oxygen atoms in total. The Kier molecular flexibility index (Phi) is 4.71. The first-order valence-corrected chi connectivity index (χ1v) is 5.30. The lowest BCUT2D eigenvalue weighted by Gasteiger charge is -2.12. The fourth-order valence-corrected chi connectivity index (χ4v) is 1.31. The molecule has 1 rings (SSSR count). The molecule has 0 aliphatic carbocycles. The van der Waals surface area contributed by atoms with Crippen LogP contribution in [0, 0.1) is 10.1 Å². The van der Waals surface area contributed by atoms with Crippen molar-refractivity contribution in [3.8, 4) is 0 Å². The van der Waals surface area contributed by atoms with Crippen molar-refractivity contribution in [1.29, 1.82) is 0 Å². The average molecular weight is 239 g/mol. The van der Waals surface area contributed by atoms with Crippen molar-refractivity contribution in [1.82, 2.24) is 0 Å². The molecule has 0 radical (unpaired) electrons. The number of nitrogens with zero attached hydrogens (tertiary/aromatic N) is 1. The van der Waals surface area contributed by atoms with Gasteiger partial charge in [0.25, 0.3) is 5.69 Å². The van der Waals surface area contributed by atoms with E-state index >= 15 is 0 Å². The third kappa shape index (κ3) is 3.92. The van der Waals surface area contributed by atoms with Gasteiger partial charge < -0.3 is 15.4 Å². The SMILES string of the molecule is CNc1cc(NCC(C)OC)cc([N+](=O)[O-])c1. The number of benzene rings is 1. The van der Waals surface area contributed by atoms with Gasteiger partial charge in [-0.05, 0) is 13.0 Å². The number of rotatable bonds is 6. The van der Waals surface area contributed by atoms with Gasteiger partial charge in [-0.1, -0.05) is 0 Å². The average Bonchev–Trinajstić information content (AvgIpc) is 2.35. The predicted molar refractivity (Wildman–Crippen MR) is 67.6 cm³/mol. The molecule has 0 saturated carbocycles. The van der Waals surface area contributed by atoms with Gasteiger partial charge in [0.05, 0.1) is 11.0 Å². The highest BCUT2D eigenvalue weighted by Crippen LogP contribution is 2.23. The maximum atomic E-state index is 10.7. The molecule has 94 valence electrons. The summed E-state index contributed by atoms with van der Waals surface area (Å²) in [4.78, 5) is 10.3. The molecule has 1 aromatic rings. The first-order chi connectivity index (χ1) is 8.06. The van der Waals surface area contributed by atoms with E-state index in [1.807, 2.05) is 13.0 Å². The van der Waals surface area contributed by atoms with E-state index in [-0.39, 0.29) is 11.8 Å². The molecule has 0 spiro atoms. The molecule has 17 heavy (non-hydrogen) atoms. The molecule has 1 atom stereocenters. The molecule has 0 fully saturated rings. The summed E-state index contributed by atoms with van der Waals surface area (Å²) in [5.74, 6) is 0. The highest BCUT2D eigenvalue weighted by Gasteiger charge is 2.09. The first-order valence-electron chi connectivity index (χ1n) is 5.30. The number of non-ortho nitro benzene ring substituents is 1. The molecule has 0 aliphatic rings. The summed E-state index contributed by atoms with van der Waals surface area (Å²) in [6.07, 6.45) is 0.0484. The maximum absolute atomic E-state index is 10.7. The van der Waals surface area contributed by atoms with E-state index in [0.717, 1.165) is 0 Å². The number of anilines is 2. The Morgan fingerprint density at radius 2 is 2.06 bits per heavy atom. The number of ether oxygens (including phenoxy) is 1. The van der Waals surface area contributed by atoms with Gasteiger partial charge in [0.2, 0.25) is 0 Å². The minimum atomic E-state index is -0.411. The van der Waals surface area contributed by atoms with Crippen LogP contribution >= 0.6 is 0 Å². The van der Waals surface area contributed by atoms with E-state index in [1.165, 1.54) is 12.1 Å². The molecule has 6 heteroatoms. The van der Waals surface area contributed by atoms with Crippen LogP contribution < -0.4 is 10.6 Å². The van der Waals surface area contributed by atoms with E-state index < -0.39 is 4.92 Å². The molecule has 0 saturated heterocycles. The quantitative estimate of drug-likeness (QED) is 0.587. The van der Waals surface area contributed by atoms with Crippen LogP contribution in [-0.2, 0) is 4.74 Å². The van der Waals surface area contributed by atoms with Gasteiger partial charge in [-0.25, -0.2) is 0 Å². The van der Waals surface area contributed by atoms with Crippen molar-refractivity contribution in [3.05, 3.63) is 28.3 Å². The largest absolute Gasteiger partial charge is 0.388 e. The van der Waals surface area contributed by atoms with Crippen molar-refractivity contribution in [2.75, 3.05) is 31.3 Å². The van der Waals surface area contributed by atoms with Crippen LogP contribution in [0.1, 0.15) is 6.92 Å². The lowest BCUT2D eigenvalue weighted by Crippen LogP contribution is -2.18. The topological polar surface area (TPSA) is 76.4 Å². The second-order valence-electron chi connectivity index (χ2n) is 3.70. The highest BCUT2D eigenvalue weighted by molar-refractivity contribution is 5.63. The number of nitro groups is 1. The normalized spacial score (nSPS) is 11.9. The van der Waals surface area contributed by atoms with Crippen molar-refractivity contribution >= 4 is 17.1 Å². The van der Waals surface area contributed by atoms with Gasteiger partial charge in [0, 0.05) is 44.2 Å². The van der Waals surface area contributed by atoms with Crippen molar-refractivity contribution in [3.63, 3.8) is 0 Å². The van der Waals surface area contributed by atoms with Crippen LogP contribution in [-0.4, -0.2) is 31.7 Å². The minimum Gasteiger partial charge on any atom is -0.388 e. The third-order valence-electron chi connectivity index (χ3n) is 2.41. The van der Waals surface area contributed by atoms with Gasteiger partial charge in [0.1, 0.15) is 0 Å². The molecular weight excluding hydrogens is 222 g/mol. The fraction of sp³-hybridized carbons (Fsp3) is 0.455. The Balaban J connectivity index is 2.83. The molecule has 1 aromatic carbocycles. The summed E-state index contributed by atoms with van der Waals surface area (Å²) >= 11 is 0. The Labute approximate surface area is 100 Å². The van der Waals surface area contributed by atoms with E-state index in [2.05, 4.69) is 10.6 Å². The summed E-state index contributed by atoms with van der Waals surface area (Å²) in [5.41, 5.74) is 1.46. The Bertz CT molecular complexity index is 396. The molecular formula is C11H17N3O3. The molecule has 0 aromatic heterocycles. The third-order valence-corrected chi connectivity index (χ3v) is 2.41. The van der Waals surface area contributed by atoms with Crippen LogP contribution in [0.5, 0.6) is 0 Å². The number of hydrogen-bond acceptors (Lipinski definition) is 5. The molecule has 0 amide bonds. The molecule has 2 N–H and O–H groups in total. The van der Waals surface area contributed by atoms with Gasteiger partial charge in [-0.15, -0.1) is 0 Å². The summed E-state index contributed by atoms with van der Waals surface area (Å²) in [7, 11) is 3.35. The second kappa shape index (κ2) is 6.05. The standard InChI is InChI=1S/C11H17N3O3/c1-8(17-3)7-13-10-4-9(12-2)5-11(6-10)14(15)16/h4-6,8,12-13H,7H2,1-3H3. The van der Waals surface area contributed by atoms with Crippen molar-refractivity contribution in [2.24, 2.45) is 0 Å². The van der Waals surface area contributed by atoms with Gasteiger partial charge >= 0.3 is 0 Å². The van der Waals surface area contributed by atoms with Gasteiger partial charge in [-0.3, -0.25) is 10.1 Å². The van der Waals surface area contributed by atoms with E-state index in [4.69, 9.17) is 4.74 Å². The van der Waals surface area contributed by atoms with Crippen LogP contribution in [0.15, 0.2) is 18.2 Å². The zero-order chi connectivity index (χ0) is 12.8. The van der Waals surface area contributed by atoms with E-state index in [1.54, 1.807) is 14.2 Å². The fourth-order valence-electron chi connectivity index (χ4n) is 1.31. The van der Waals surface area contributed by atoms with Crippen LogP contribution in [0.4, 0.5) is 17.1 Å². The zero-order valence-corrected chi connectivity index (χ0v) is 10.2. The number of nitrogens with one attached hydrogen (secondary N) is 2. The molecule has 0 heterocycles. The summed E-state index contributed by atoms with van der Waals surface area (Å²) in [5, 5.41) is 16.7. The summed E-state index contributed by atoms with van der Waals surface area (Å²) in [6, 6.07) is 4.81. The lowest BCUT2D eigenvalue weighted by molar-refractivity contribution is -0.384. The molecule has 0 bridgehead atoms. The Hall–Kier alpha value is -1.82. The first kappa shape index (κ1) is 13.2. The highest BCUT2D eigenvalue weighted by atomic mass is 16.6. The van der Waals surface area contributed by atoms with Gasteiger partial charge in [0.15, 0.2) is 0 Å². The maximum Gasteiger partial charge on any atom is 0.273 e. The number of hydrogen-bond donors (Lipinski definition) is 2. The molecule has 1 unspecified atom stereocenters. The zero-order valence-electron chi connectivity index (χ0n) is 10.2. The summed E-state index contributed by atoms with van der Waals surface area (Å²) in [6.45, 7) is 2.52. The summed E-state index contributed by atoms with van der Waals surface area (Å²) < 4.78 is 5.09. The minimum absolute atomic E-state index is 0.0484. The van der Waals surface area contributed by atoms with Crippen molar-refractivity contribution in [2.45, 2.75) is 13.0 Å². The second-order valence-corrected chi connectivity index (χ2v) is 3.70. The molecule has 0 aliphatic heterocycles. The number of methoxy groups -OCH3 is 1. The monoisotopic (exact) mass is 239 g/mol. The Morgan fingerprint density at radius 1 is 1.41 bits per heavy atom. The predicted octanol–water partition coefficient (Wildman–Crippen LogP) is 2.08. The van der Waals surface area contributed by atoms with Crippen LogP contribution in [0.3, 0.4) is 0 Å². The van der Waals surface area contributed by atoms with Crippen LogP contribution in [0.25, 0.3) is 0 Å². The van der Waals surface area contributed by atoms with Crippen molar-refractivity contribution < 1.29 is 9.66 Å². The van der Waals surface area contributed by atoms with E-state index in [0.29, 0.717) is 17.9 Å². The smallest absolute Gasteiger partial charge is 0.273 e. The Morgan fingerprint density at radius 3 is 2.59 bits per heavy atom. The van der Waals surface area contributed by atoms with Crippen LogP contribution in [0.2, 0.25) is 0 Å². The number of nitro benzene ring substituents is 1. The van der Waals surface area contributed by atoms with Gasteiger partial charge in [-0.2, -0.15) is 0 Å². The van der Waals surface area contributed by atoms with E-state index in [9.17, 15) is 10.1 Å². The lowest BCUT2D eigenvalue weighted by atomic mass is 10.2.